The summed E-state index contributed by atoms with van der Waals surface area (Å²) in [6.45, 7) is 4.49. The van der Waals surface area contributed by atoms with E-state index in [1.54, 1.807) is 0 Å². The lowest BCUT2D eigenvalue weighted by molar-refractivity contribution is 0.266. The summed E-state index contributed by atoms with van der Waals surface area (Å²) in [5.41, 5.74) is 0. The number of hydrogen-bond donors (Lipinski definition) is 2. The Bertz CT molecular complexity index is 288. The van der Waals surface area contributed by atoms with Gasteiger partial charge in [0.25, 0.3) is 0 Å². The molecule has 16 heavy (non-hydrogen) atoms. The number of hydrogen-bond acceptors (Lipinski definition) is 2. The van der Waals surface area contributed by atoms with E-state index >= 15 is 0 Å². The molecule has 1 aliphatic carbocycles. The molecule has 0 amide bonds. The molecule has 0 aromatic carbocycles. The first-order valence-electron chi connectivity index (χ1n) is 6.52. The van der Waals surface area contributed by atoms with Crippen molar-refractivity contribution < 1.29 is 0 Å². The first-order valence-corrected chi connectivity index (χ1v) is 6.52. The summed E-state index contributed by atoms with van der Waals surface area (Å²) in [5.74, 6) is 1.90. The molecular formula is C13H23N3. The first-order chi connectivity index (χ1) is 7.77. The summed E-state index contributed by atoms with van der Waals surface area (Å²) in [6, 6.07) is 0.923. The van der Waals surface area contributed by atoms with Crippen molar-refractivity contribution in [1.29, 1.82) is 0 Å². The average molecular weight is 221 g/mol. The Labute approximate surface area is 98.1 Å². The number of H-pyrrole nitrogens is 1. The summed E-state index contributed by atoms with van der Waals surface area (Å²) in [5, 5.41) is 3.66. The zero-order valence-electron chi connectivity index (χ0n) is 10.4. The number of rotatable bonds is 4. The van der Waals surface area contributed by atoms with Crippen molar-refractivity contribution in [2.45, 2.75) is 58.0 Å². The van der Waals surface area contributed by atoms with Gasteiger partial charge in [-0.1, -0.05) is 19.3 Å². The van der Waals surface area contributed by atoms with Crippen LogP contribution >= 0.6 is 0 Å². The normalized spacial score (nSPS) is 21.9. The minimum atomic E-state index is 0.326. The molecule has 1 aromatic heterocycles. The SMILES string of the molecule is CC(NC(C)C1CCCCC1)c1ncc[nH]1. The van der Waals surface area contributed by atoms with E-state index in [2.05, 4.69) is 29.1 Å². The van der Waals surface area contributed by atoms with Crippen molar-refractivity contribution in [3.8, 4) is 0 Å². The highest BCUT2D eigenvalue weighted by molar-refractivity contribution is 4.94. The van der Waals surface area contributed by atoms with E-state index in [1.165, 1.54) is 32.1 Å². The molecular weight excluding hydrogens is 198 g/mol. The molecule has 3 nitrogen and oxygen atoms in total. The number of aromatic nitrogens is 2. The topological polar surface area (TPSA) is 40.7 Å². The fourth-order valence-electron chi connectivity index (χ4n) is 2.76. The van der Waals surface area contributed by atoms with E-state index in [0.29, 0.717) is 12.1 Å². The minimum absolute atomic E-state index is 0.326. The Morgan fingerprint density at radius 3 is 2.69 bits per heavy atom. The molecule has 1 fully saturated rings. The summed E-state index contributed by atoms with van der Waals surface area (Å²) in [7, 11) is 0. The molecule has 2 atom stereocenters. The van der Waals surface area contributed by atoms with Crippen LogP contribution in [-0.2, 0) is 0 Å². The molecule has 0 saturated heterocycles. The summed E-state index contributed by atoms with van der Waals surface area (Å²) >= 11 is 0. The fourth-order valence-corrected chi connectivity index (χ4v) is 2.76. The minimum Gasteiger partial charge on any atom is -0.347 e. The Kier molecular flexibility index (Phi) is 3.99. The summed E-state index contributed by atoms with van der Waals surface area (Å²) in [4.78, 5) is 7.47. The number of imidazole rings is 1. The van der Waals surface area contributed by atoms with Crippen LogP contribution in [-0.4, -0.2) is 16.0 Å². The van der Waals surface area contributed by atoms with Gasteiger partial charge in [0.05, 0.1) is 6.04 Å². The molecule has 0 aliphatic heterocycles. The third-order valence-corrected chi connectivity index (χ3v) is 3.80. The summed E-state index contributed by atoms with van der Waals surface area (Å²) < 4.78 is 0. The van der Waals surface area contributed by atoms with Crippen molar-refractivity contribution in [1.82, 2.24) is 15.3 Å². The molecule has 3 heteroatoms. The van der Waals surface area contributed by atoms with E-state index < -0.39 is 0 Å². The molecule has 1 saturated carbocycles. The molecule has 2 N–H and O–H groups in total. The Balaban J connectivity index is 1.84. The largest absolute Gasteiger partial charge is 0.347 e. The van der Waals surface area contributed by atoms with Gasteiger partial charge in [-0.2, -0.15) is 0 Å². The molecule has 90 valence electrons. The second-order valence-electron chi connectivity index (χ2n) is 5.05. The maximum absolute atomic E-state index is 4.30. The van der Waals surface area contributed by atoms with Crippen molar-refractivity contribution in [3.05, 3.63) is 18.2 Å². The zero-order chi connectivity index (χ0) is 11.4. The smallest absolute Gasteiger partial charge is 0.122 e. The number of nitrogens with one attached hydrogen (secondary N) is 2. The predicted octanol–water partition coefficient (Wildman–Crippen LogP) is 3.03. The predicted molar refractivity (Wildman–Crippen MR) is 66.2 cm³/mol. The second-order valence-corrected chi connectivity index (χ2v) is 5.05. The van der Waals surface area contributed by atoms with Crippen LogP contribution in [0.4, 0.5) is 0 Å². The van der Waals surface area contributed by atoms with Crippen molar-refractivity contribution in [2.24, 2.45) is 5.92 Å². The second kappa shape index (κ2) is 5.48. The zero-order valence-corrected chi connectivity index (χ0v) is 10.4. The van der Waals surface area contributed by atoms with E-state index in [4.69, 9.17) is 0 Å². The number of nitrogens with zero attached hydrogens (tertiary/aromatic N) is 1. The van der Waals surface area contributed by atoms with Crippen LogP contribution in [0.15, 0.2) is 12.4 Å². The van der Waals surface area contributed by atoms with Gasteiger partial charge in [-0.3, -0.25) is 0 Å². The molecule has 2 unspecified atom stereocenters. The van der Waals surface area contributed by atoms with Crippen LogP contribution in [0.1, 0.15) is 57.8 Å². The van der Waals surface area contributed by atoms with E-state index in [0.717, 1.165) is 11.7 Å². The Morgan fingerprint density at radius 2 is 2.06 bits per heavy atom. The van der Waals surface area contributed by atoms with Crippen molar-refractivity contribution >= 4 is 0 Å². The lowest BCUT2D eigenvalue weighted by Gasteiger charge is -2.30. The van der Waals surface area contributed by atoms with Gasteiger partial charge in [-0.05, 0) is 32.6 Å². The van der Waals surface area contributed by atoms with Crippen LogP contribution in [0, 0.1) is 5.92 Å². The molecule has 1 aliphatic rings. The van der Waals surface area contributed by atoms with Crippen molar-refractivity contribution in [3.63, 3.8) is 0 Å². The maximum atomic E-state index is 4.30. The highest BCUT2D eigenvalue weighted by Gasteiger charge is 2.21. The lowest BCUT2D eigenvalue weighted by Crippen LogP contribution is -2.36. The molecule has 1 heterocycles. The van der Waals surface area contributed by atoms with Crippen LogP contribution in [0.2, 0.25) is 0 Å². The van der Waals surface area contributed by atoms with Crippen LogP contribution < -0.4 is 5.32 Å². The molecule has 1 aromatic rings. The Morgan fingerprint density at radius 1 is 1.31 bits per heavy atom. The first kappa shape index (κ1) is 11.6. The molecule has 2 rings (SSSR count). The van der Waals surface area contributed by atoms with Gasteiger partial charge in [0, 0.05) is 18.4 Å². The van der Waals surface area contributed by atoms with Gasteiger partial charge < -0.3 is 10.3 Å². The van der Waals surface area contributed by atoms with Gasteiger partial charge in [0.2, 0.25) is 0 Å². The van der Waals surface area contributed by atoms with Gasteiger partial charge in [-0.25, -0.2) is 4.98 Å². The molecule has 0 radical (unpaired) electrons. The summed E-state index contributed by atoms with van der Waals surface area (Å²) in [6.07, 6.45) is 10.7. The highest BCUT2D eigenvalue weighted by Crippen LogP contribution is 2.27. The third-order valence-electron chi connectivity index (χ3n) is 3.80. The van der Waals surface area contributed by atoms with Crippen LogP contribution in [0.25, 0.3) is 0 Å². The third kappa shape index (κ3) is 2.85. The highest BCUT2D eigenvalue weighted by atomic mass is 15.0. The van der Waals surface area contributed by atoms with Crippen LogP contribution in [0.5, 0.6) is 0 Å². The monoisotopic (exact) mass is 221 g/mol. The fraction of sp³-hybridized carbons (Fsp3) is 0.769. The average Bonchev–Trinajstić information content (AvgIpc) is 2.83. The van der Waals surface area contributed by atoms with E-state index in [1.807, 2.05) is 12.4 Å². The molecule has 0 spiro atoms. The van der Waals surface area contributed by atoms with Gasteiger partial charge >= 0.3 is 0 Å². The quantitative estimate of drug-likeness (QED) is 0.820. The standard InChI is InChI=1S/C13H23N3/c1-10(12-6-4-3-5-7-12)16-11(2)13-14-8-9-15-13/h8-12,16H,3-7H2,1-2H3,(H,14,15). The van der Waals surface area contributed by atoms with Gasteiger partial charge in [0.15, 0.2) is 0 Å². The van der Waals surface area contributed by atoms with Gasteiger partial charge in [-0.15, -0.1) is 0 Å². The van der Waals surface area contributed by atoms with E-state index in [-0.39, 0.29) is 0 Å². The van der Waals surface area contributed by atoms with Gasteiger partial charge in [0.1, 0.15) is 5.82 Å². The van der Waals surface area contributed by atoms with Crippen molar-refractivity contribution in [2.75, 3.05) is 0 Å². The van der Waals surface area contributed by atoms with Crippen LogP contribution in [0.3, 0.4) is 0 Å². The Hall–Kier alpha value is -0.830. The number of aromatic amines is 1. The lowest BCUT2D eigenvalue weighted by atomic mass is 9.84. The maximum Gasteiger partial charge on any atom is 0.122 e. The molecule has 0 bridgehead atoms. The van der Waals surface area contributed by atoms with E-state index in [9.17, 15) is 0 Å².